The third kappa shape index (κ3) is 2.80. The summed E-state index contributed by atoms with van der Waals surface area (Å²) in [6.45, 7) is 10.2. The van der Waals surface area contributed by atoms with Crippen LogP contribution in [0, 0.1) is 5.41 Å². The van der Waals surface area contributed by atoms with Crippen molar-refractivity contribution in [3.8, 4) is 0 Å². The van der Waals surface area contributed by atoms with Gasteiger partial charge in [0.25, 0.3) is 0 Å². The second-order valence-electron chi connectivity index (χ2n) is 3.81. The molecule has 0 aromatic heterocycles. The van der Waals surface area contributed by atoms with E-state index in [2.05, 4.69) is 13.2 Å². The van der Waals surface area contributed by atoms with E-state index in [-0.39, 0.29) is 12.6 Å². The Hall–Kier alpha value is -1.35. The third-order valence-electron chi connectivity index (χ3n) is 2.30. The fourth-order valence-electron chi connectivity index (χ4n) is 1.18. The smallest absolute Gasteiger partial charge is 0.316 e. The summed E-state index contributed by atoms with van der Waals surface area (Å²) in [6, 6.07) is 0. The van der Waals surface area contributed by atoms with Gasteiger partial charge in [0.1, 0.15) is 12.0 Å². The first kappa shape index (κ1) is 11.7. The van der Waals surface area contributed by atoms with E-state index in [1.165, 1.54) is 0 Å². The number of carbonyl (C=O) groups is 1. The number of esters is 1. The minimum Gasteiger partial charge on any atom is -0.460 e. The number of hydrogen-bond acceptors (Lipinski definition) is 3. The van der Waals surface area contributed by atoms with Crippen LogP contribution in [0.15, 0.2) is 37.0 Å². The molecule has 0 atom stereocenters. The van der Waals surface area contributed by atoms with Crippen molar-refractivity contribution in [1.82, 2.24) is 0 Å². The fourth-order valence-corrected chi connectivity index (χ4v) is 1.18. The van der Waals surface area contributed by atoms with Gasteiger partial charge in [-0.05, 0) is 12.5 Å². The Labute approximate surface area is 90.1 Å². The van der Waals surface area contributed by atoms with E-state index in [9.17, 15) is 4.79 Å². The largest absolute Gasteiger partial charge is 0.460 e. The second kappa shape index (κ2) is 4.94. The van der Waals surface area contributed by atoms with E-state index in [4.69, 9.17) is 9.47 Å². The van der Waals surface area contributed by atoms with Crippen molar-refractivity contribution in [2.45, 2.75) is 6.92 Å². The van der Waals surface area contributed by atoms with Gasteiger partial charge < -0.3 is 9.47 Å². The highest BCUT2D eigenvalue weighted by atomic mass is 16.6. The molecule has 0 bridgehead atoms. The molecule has 3 heteroatoms. The second-order valence-corrected chi connectivity index (χ2v) is 3.81. The molecule has 0 aliphatic carbocycles. The Morgan fingerprint density at radius 1 is 1.53 bits per heavy atom. The number of hydrogen-bond donors (Lipinski definition) is 0. The van der Waals surface area contributed by atoms with Crippen LogP contribution < -0.4 is 0 Å². The van der Waals surface area contributed by atoms with Crippen LogP contribution in [0.5, 0.6) is 0 Å². The van der Waals surface area contributed by atoms with Crippen LogP contribution in [0.2, 0.25) is 0 Å². The normalized spacial score (nSPS) is 18.9. The zero-order valence-corrected chi connectivity index (χ0v) is 8.99. The highest BCUT2D eigenvalue weighted by molar-refractivity contribution is 5.77. The number of allylic oxidation sites excluding steroid dienone is 2. The number of carbonyl (C=O) groups excluding carboxylic acids is 1. The highest BCUT2D eigenvalue weighted by Crippen LogP contribution is 2.28. The van der Waals surface area contributed by atoms with Crippen LogP contribution in [0.1, 0.15) is 6.92 Å². The van der Waals surface area contributed by atoms with Crippen molar-refractivity contribution in [2.24, 2.45) is 5.41 Å². The van der Waals surface area contributed by atoms with Gasteiger partial charge in [0.15, 0.2) is 0 Å². The van der Waals surface area contributed by atoms with Gasteiger partial charge in [0, 0.05) is 0 Å². The van der Waals surface area contributed by atoms with E-state index in [0.717, 1.165) is 5.57 Å². The molecular weight excluding hydrogens is 192 g/mol. The average molecular weight is 208 g/mol. The summed E-state index contributed by atoms with van der Waals surface area (Å²) in [4.78, 5) is 11.6. The third-order valence-corrected chi connectivity index (χ3v) is 2.30. The Morgan fingerprint density at radius 3 is 2.60 bits per heavy atom. The summed E-state index contributed by atoms with van der Waals surface area (Å²) in [6.07, 6.45) is 5.05. The SMILES string of the molecule is C=C/C=C(\C=C)COC(=O)C1(C)COC1. The quantitative estimate of drug-likeness (QED) is 0.511. The molecule has 0 amide bonds. The van der Waals surface area contributed by atoms with E-state index < -0.39 is 5.41 Å². The molecule has 0 spiro atoms. The molecule has 0 radical (unpaired) electrons. The molecule has 1 rings (SSSR count). The van der Waals surface area contributed by atoms with Crippen LogP contribution in [0.3, 0.4) is 0 Å². The fraction of sp³-hybridized carbons (Fsp3) is 0.417. The monoisotopic (exact) mass is 208 g/mol. The zero-order chi connectivity index (χ0) is 11.3. The van der Waals surface area contributed by atoms with Gasteiger partial charge in [0.2, 0.25) is 0 Å². The van der Waals surface area contributed by atoms with Crippen LogP contribution in [-0.2, 0) is 14.3 Å². The molecule has 0 aromatic carbocycles. The molecule has 15 heavy (non-hydrogen) atoms. The van der Waals surface area contributed by atoms with Crippen molar-refractivity contribution in [3.63, 3.8) is 0 Å². The minimum absolute atomic E-state index is 0.217. The Bertz CT molecular complexity index is 298. The average Bonchev–Trinajstić information content (AvgIpc) is 2.20. The maximum Gasteiger partial charge on any atom is 0.316 e. The summed E-state index contributed by atoms with van der Waals surface area (Å²) in [7, 11) is 0. The molecule has 1 heterocycles. The van der Waals surface area contributed by atoms with Gasteiger partial charge in [-0.3, -0.25) is 4.79 Å². The predicted octanol–water partition coefficient (Wildman–Crippen LogP) is 1.86. The lowest BCUT2D eigenvalue weighted by Gasteiger charge is -2.35. The molecule has 0 unspecified atom stereocenters. The van der Waals surface area contributed by atoms with Crippen LogP contribution in [-0.4, -0.2) is 25.8 Å². The van der Waals surface area contributed by atoms with Crippen molar-refractivity contribution >= 4 is 5.97 Å². The minimum atomic E-state index is -0.458. The molecule has 1 aliphatic rings. The summed E-state index contributed by atoms with van der Waals surface area (Å²) in [5.74, 6) is -0.217. The first-order valence-electron chi connectivity index (χ1n) is 4.81. The highest BCUT2D eigenvalue weighted by Gasteiger charge is 2.42. The van der Waals surface area contributed by atoms with E-state index in [1.54, 1.807) is 18.2 Å². The molecule has 0 N–H and O–H groups in total. The maximum absolute atomic E-state index is 11.6. The van der Waals surface area contributed by atoms with E-state index >= 15 is 0 Å². The zero-order valence-electron chi connectivity index (χ0n) is 8.99. The predicted molar refractivity (Wildman–Crippen MR) is 58.4 cm³/mol. The van der Waals surface area contributed by atoms with Crippen LogP contribution in [0.4, 0.5) is 0 Å². The molecule has 0 aromatic rings. The van der Waals surface area contributed by atoms with Crippen molar-refractivity contribution in [3.05, 3.63) is 37.0 Å². The van der Waals surface area contributed by atoms with E-state index in [1.807, 2.05) is 6.92 Å². The van der Waals surface area contributed by atoms with Gasteiger partial charge in [0.05, 0.1) is 13.2 Å². The first-order valence-corrected chi connectivity index (χ1v) is 4.81. The molecule has 1 aliphatic heterocycles. The summed E-state index contributed by atoms with van der Waals surface area (Å²) < 4.78 is 10.1. The lowest BCUT2D eigenvalue weighted by atomic mass is 9.89. The number of rotatable bonds is 5. The summed E-state index contributed by atoms with van der Waals surface area (Å²) >= 11 is 0. The summed E-state index contributed by atoms with van der Waals surface area (Å²) in [5, 5.41) is 0. The topological polar surface area (TPSA) is 35.5 Å². The van der Waals surface area contributed by atoms with Crippen LogP contribution >= 0.6 is 0 Å². The Morgan fingerprint density at radius 2 is 2.20 bits per heavy atom. The molecule has 3 nitrogen and oxygen atoms in total. The Kier molecular flexibility index (Phi) is 3.86. The molecule has 1 saturated heterocycles. The lowest BCUT2D eigenvalue weighted by molar-refractivity contribution is -0.181. The van der Waals surface area contributed by atoms with Gasteiger partial charge in [-0.2, -0.15) is 0 Å². The first-order chi connectivity index (χ1) is 7.12. The van der Waals surface area contributed by atoms with Gasteiger partial charge in [-0.15, -0.1) is 0 Å². The summed E-state index contributed by atoms with van der Waals surface area (Å²) in [5.41, 5.74) is 0.377. The molecule has 0 saturated carbocycles. The standard InChI is InChI=1S/C12H16O3/c1-4-6-10(5-2)7-15-11(13)12(3)8-14-9-12/h4-6H,1-2,7-9H2,3H3/b10-6+. The van der Waals surface area contributed by atoms with Gasteiger partial charge in [-0.1, -0.05) is 31.4 Å². The van der Waals surface area contributed by atoms with Crippen molar-refractivity contribution < 1.29 is 14.3 Å². The number of ether oxygens (including phenoxy) is 2. The molecular formula is C12H16O3. The molecule has 1 fully saturated rings. The van der Waals surface area contributed by atoms with Crippen molar-refractivity contribution in [2.75, 3.05) is 19.8 Å². The van der Waals surface area contributed by atoms with Crippen molar-refractivity contribution in [1.29, 1.82) is 0 Å². The Balaban J connectivity index is 2.42. The van der Waals surface area contributed by atoms with Gasteiger partial charge in [-0.25, -0.2) is 0 Å². The van der Waals surface area contributed by atoms with Gasteiger partial charge >= 0.3 is 5.97 Å². The van der Waals surface area contributed by atoms with E-state index in [0.29, 0.717) is 13.2 Å². The lowest BCUT2D eigenvalue weighted by Crippen LogP contribution is -2.47. The van der Waals surface area contributed by atoms with Crippen LogP contribution in [0.25, 0.3) is 0 Å². The maximum atomic E-state index is 11.6. The molecule has 82 valence electrons.